The second-order valence-electron chi connectivity index (χ2n) is 3.94. The zero-order valence-electron chi connectivity index (χ0n) is 7.89. The van der Waals surface area contributed by atoms with Crippen molar-refractivity contribution < 1.29 is 4.39 Å². The van der Waals surface area contributed by atoms with E-state index in [2.05, 4.69) is 0 Å². The maximum atomic E-state index is 13.6. The molecule has 1 fully saturated rings. The van der Waals surface area contributed by atoms with Crippen LogP contribution in [0.15, 0.2) is 18.2 Å². The lowest BCUT2D eigenvalue weighted by atomic mass is 9.92. The lowest BCUT2D eigenvalue weighted by Crippen LogP contribution is -2.14. The highest BCUT2D eigenvalue weighted by molar-refractivity contribution is 6.30. The molecule has 0 saturated heterocycles. The Morgan fingerprint density at radius 1 is 1.43 bits per heavy atom. The zero-order valence-corrected chi connectivity index (χ0v) is 8.65. The van der Waals surface area contributed by atoms with Gasteiger partial charge >= 0.3 is 0 Å². The van der Waals surface area contributed by atoms with Gasteiger partial charge in [-0.2, -0.15) is 0 Å². The van der Waals surface area contributed by atoms with E-state index in [-0.39, 0.29) is 11.2 Å². The third-order valence-electron chi connectivity index (χ3n) is 2.98. The fraction of sp³-hybridized carbons (Fsp3) is 0.455. The highest BCUT2D eigenvalue weighted by Gasteiger charge is 2.44. The summed E-state index contributed by atoms with van der Waals surface area (Å²) in [5, 5.41) is 0.454. The van der Waals surface area contributed by atoms with Gasteiger partial charge in [-0.25, -0.2) is 4.39 Å². The zero-order chi connectivity index (χ0) is 10.2. The van der Waals surface area contributed by atoms with Gasteiger partial charge in [0.1, 0.15) is 5.82 Å². The maximum Gasteiger partial charge on any atom is 0.128 e. The summed E-state index contributed by atoms with van der Waals surface area (Å²) in [4.78, 5) is 0. The van der Waals surface area contributed by atoms with Gasteiger partial charge in [-0.05, 0) is 48.9 Å². The van der Waals surface area contributed by atoms with Crippen molar-refractivity contribution >= 4 is 11.6 Å². The molecule has 0 spiro atoms. The Labute approximate surface area is 88.1 Å². The monoisotopic (exact) mass is 213 g/mol. The van der Waals surface area contributed by atoms with E-state index in [0.29, 0.717) is 11.6 Å². The predicted octanol–water partition coefficient (Wildman–Crippen LogP) is 2.86. The Morgan fingerprint density at radius 3 is 2.64 bits per heavy atom. The van der Waals surface area contributed by atoms with Gasteiger partial charge in [0.25, 0.3) is 0 Å². The molecule has 0 radical (unpaired) electrons. The van der Waals surface area contributed by atoms with E-state index >= 15 is 0 Å². The van der Waals surface area contributed by atoms with E-state index in [0.717, 1.165) is 24.8 Å². The molecule has 0 heterocycles. The van der Waals surface area contributed by atoms with Crippen molar-refractivity contribution in [1.29, 1.82) is 0 Å². The molecule has 1 saturated carbocycles. The molecule has 1 aliphatic rings. The standard InChI is InChI=1S/C11H13ClFN/c12-8-1-2-9(10(13)7-8)11(3-4-11)5-6-14/h1-2,7H,3-6,14H2. The Bertz CT molecular complexity index is 347. The van der Waals surface area contributed by atoms with Crippen LogP contribution in [0.2, 0.25) is 5.02 Å². The van der Waals surface area contributed by atoms with E-state index in [1.807, 2.05) is 0 Å². The fourth-order valence-electron chi connectivity index (χ4n) is 2.00. The van der Waals surface area contributed by atoms with Crippen molar-refractivity contribution in [1.82, 2.24) is 0 Å². The summed E-state index contributed by atoms with van der Waals surface area (Å²) in [5.41, 5.74) is 6.33. The van der Waals surface area contributed by atoms with Gasteiger partial charge in [-0.1, -0.05) is 17.7 Å². The van der Waals surface area contributed by atoms with Crippen molar-refractivity contribution in [3.8, 4) is 0 Å². The third kappa shape index (κ3) is 1.64. The van der Waals surface area contributed by atoms with Crippen molar-refractivity contribution in [3.05, 3.63) is 34.6 Å². The van der Waals surface area contributed by atoms with Crippen molar-refractivity contribution in [2.45, 2.75) is 24.7 Å². The summed E-state index contributed by atoms with van der Waals surface area (Å²) in [6, 6.07) is 4.92. The molecule has 0 aliphatic heterocycles. The fourth-order valence-corrected chi connectivity index (χ4v) is 2.16. The van der Waals surface area contributed by atoms with Crippen molar-refractivity contribution in [3.63, 3.8) is 0 Å². The minimum absolute atomic E-state index is 0.0173. The van der Waals surface area contributed by atoms with Crippen LogP contribution in [0.1, 0.15) is 24.8 Å². The predicted molar refractivity (Wildman–Crippen MR) is 56.0 cm³/mol. The second kappa shape index (κ2) is 3.52. The Kier molecular flexibility index (Phi) is 2.50. The Hall–Kier alpha value is -0.600. The van der Waals surface area contributed by atoms with Crippen LogP contribution in [0.3, 0.4) is 0 Å². The number of benzene rings is 1. The van der Waals surface area contributed by atoms with Gasteiger partial charge in [0.2, 0.25) is 0 Å². The third-order valence-corrected chi connectivity index (χ3v) is 3.21. The van der Waals surface area contributed by atoms with Crippen molar-refractivity contribution in [2.75, 3.05) is 6.54 Å². The van der Waals surface area contributed by atoms with Crippen LogP contribution >= 0.6 is 11.6 Å². The number of hydrogen-bond acceptors (Lipinski definition) is 1. The second-order valence-corrected chi connectivity index (χ2v) is 4.38. The van der Waals surface area contributed by atoms with E-state index < -0.39 is 0 Å². The molecule has 2 rings (SSSR count). The summed E-state index contributed by atoms with van der Waals surface area (Å²) in [6.07, 6.45) is 2.96. The topological polar surface area (TPSA) is 26.0 Å². The van der Waals surface area contributed by atoms with E-state index in [1.54, 1.807) is 12.1 Å². The molecule has 1 nitrogen and oxygen atoms in total. The summed E-state index contributed by atoms with van der Waals surface area (Å²) >= 11 is 5.70. The molecule has 2 N–H and O–H groups in total. The summed E-state index contributed by atoms with van der Waals surface area (Å²) in [7, 11) is 0. The van der Waals surface area contributed by atoms with Crippen LogP contribution in [-0.2, 0) is 5.41 Å². The number of rotatable bonds is 3. The van der Waals surface area contributed by atoms with E-state index in [4.69, 9.17) is 17.3 Å². The van der Waals surface area contributed by atoms with Crippen LogP contribution in [0.4, 0.5) is 4.39 Å². The molecule has 0 aromatic heterocycles. The lowest BCUT2D eigenvalue weighted by molar-refractivity contribution is 0.550. The van der Waals surface area contributed by atoms with Crippen LogP contribution in [-0.4, -0.2) is 6.54 Å². The molecule has 14 heavy (non-hydrogen) atoms. The molecule has 1 aromatic rings. The average Bonchev–Trinajstić information content (AvgIpc) is 2.86. The molecule has 0 amide bonds. The lowest BCUT2D eigenvalue weighted by Gasteiger charge is -2.15. The van der Waals surface area contributed by atoms with E-state index in [9.17, 15) is 4.39 Å². The molecule has 0 atom stereocenters. The number of halogens is 2. The first kappa shape index (κ1) is 9.94. The number of hydrogen-bond donors (Lipinski definition) is 1. The molecular formula is C11H13ClFN. The molecule has 0 unspecified atom stereocenters. The first-order valence-electron chi connectivity index (χ1n) is 4.83. The number of nitrogens with two attached hydrogens (primary N) is 1. The van der Waals surface area contributed by atoms with Gasteiger partial charge in [-0.15, -0.1) is 0 Å². The first-order chi connectivity index (χ1) is 6.68. The molecule has 3 heteroatoms. The normalized spacial score (nSPS) is 18.2. The minimum atomic E-state index is -0.191. The molecule has 76 valence electrons. The SMILES string of the molecule is NCCC1(c2ccc(Cl)cc2F)CC1. The Balaban J connectivity index is 2.32. The van der Waals surface area contributed by atoms with Crippen molar-refractivity contribution in [2.24, 2.45) is 5.73 Å². The molecule has 1 aliphatic carbocycles. The quantitative estimate of drug-likeness (QED) is 0.821. The van der Waals surface area contributed by atoms with Gasteiger partial charge in [0.05, 0.1) is 0 Å². The molecular weight excluding hydrogens is 201 g/mol. The summed E-state index contributed by atoms with van der Waals surface area (Å²) in [6.45, 7) is 0.613. The highest BCUT2D eigenvalue weighted by atomic mass is 35.5. The molecule has 0 bridgehead atoms. The summed E-state index contributed by atoms with van der Waals surface area (Å²) < 4.78 is 13.6. The highest BCUT2D eigenvalue weighted by Crippen LogP contribution is 2.51. The van der Waals surface area contributed by atoms with E-state index in [1.165, 1.54) is 6.07 Å². The maximum absolute atomic E-state index is 13.6. The van der Waals surface area contributed by atoms with Crippen LogP contribution < -0.4 is 5.73 Å². The van der Waals surface area contributed by atoms with Gasteiger partial charge in [-0.3, -0.25) is 0 Å². The molecule has 1 aromatic carbocycles. The van der Waals surface area contributed by atoms with Gasteiger partial charge in [0.15, 0.2) is 0 Å². The smallest absolute Gasteiger partial charge is 0.128 e. The van der Waals surface area contributed by atoms with Crippen LogP contribution in [0, 0.1) is 5.82 Å². The van der Waals surface area contributed by atoms with Gasteiger partial charge in [0, 0.05) is 5.02 Å². The van der Waals surface area contributed by atoms with Gasteiger partial charge < -0.3 is 5.73 Å². The average molecular weight is 214 g/mol. The first-order valence-corrected chi connectivity index (χ1v) is 5.21. The Morgan fingerprint density at radius 2 is 2.14 bits per heavy atom. The summed E-state index contributed by atoms with van der Waals surface area (Å²) in [5.74, 6) is -0.191. The largest absolute Gasteiger partial charge is 0.330 e. The van der Waals surface area contributed by atoms with Crippen LogP contribution in [0.5, 0.6) is 0 Å². The minimum Gasteiger partial charge on any atom is -0.330 e. The van der Waals surface area contributed by atoms with Crippen LogP contribution in [0.25, 0.3) is 0 Å².